The Morgan fingerprint density at radius 3 is 2.21 bits per heavy atom. The van der Waals surface area contributed by atoms with E-state index in [4.69, 9.17) is 19.2 Å². The number of ether oxygens (including phenoxy) is 3. The number of benzene rings is 4. The van der Waals surface area contributed by atoms with Crippen LogP contribution in [0, 0.1) is 0 Å². The number of hydrogen-bond donors (Lipinski definition) is 0. The molecule has 0 unspecified atom stereocenters. The van der Waals surface area contributed by atoms with Crippen LogP contribution in [0.2, 0.25) is 0 Å². The van der Waals surface area contributed by atoms with Crippen LogP contribution in [0.5, 0.6) is 17.2 Å². The molecule has 0 fully saturated rings. The molecule has 4 nitrogen and oxygen atoms in total. The van der Waals surface area contributed by atoms with E-state index < -0.39 is 0 Å². The Bertz CT molecular complexity index is 1450. The molecule has 34 heavy (non-hydrogen) atoms. The summed E-state index contributed by atoms with van der Waals surface area (Å²) >= 11 is 0. The summed E-state index contributed by atoms with van der Waals surface area (Å²) in [5.41, 5.74) is 4.20. The van der Waals surface area contributed by atoms with Crippen LogP contribution in [-0.4, -0.2) is 25.8 Å². The highest BCUT2D eigenvalue weighted by atomic mass is 16.5. The monoisotopic (exact) mass is 449 g/mol. The van der Waals surface area contributed by atoms with Gasteiger partial charge in [-0.1, -0.05) is 42.5 Å². The average molecular weight is 450 g/mol. The Labute approximate surface area is 199 Å². The second-order valence-corrected chi connectivity index (χ2v) is 8.15. The minimum atomic E-state index is 0.643. The van der Waals surface area contributed by atoms with E-state index in [1.807, 2.05) is 31.2 Å². The van der Waals surface area contributed by atoms with Gasteiger partial charge in [-0.15, -0.1) is 0 Å². The van der Waals surface area contributed by atoms with Crippen LogP contribution < -0.4 is 14.2 Å². The Balaban J connectivity index is 1.69. The maximum absolute atomic E-state index is 5.62. The fourth-order valence-electron chi connectivity index (χ4n) is 4.45. The van der Waals surface area contributed by atoms with Gasteiger partial charge in [-0.2, -0.15) is 0 Å². The van der Waals surface area contributed by atoms with E-state index in [-0.39, 0.29) is 0 Å². The lowest BCUT2D eigenvalue weighted by molar-refractivity contribution is 0.340. The molecule has 0 saturated heterocycles. The zero-order chi connectivity index (χ0) is 23.5. The minimum absolute atomic E-state index is 0.643. The van der Waals surface area contributed by atoms with Crippen LogP contribution in [-0.2, 0) is 6.42 Å². The van der Waals surface area contributed by atoms with Crippen molar-refractivity contribution in [3.8, 4) is 28.5 Å². The van der Waals surface area contributed by atoms with Crippen molar-refractivity contribution in [3.05, 3.63) is 96.2 Å². The summed E-state index contributed by atoms with van der Waals surface area (Å²) in [5.74, 6) is 2.26. The van der Waals surface area contributed by atoms with Gasteiger partial charge in [-0.25, -0.2) is 0 Å². The smallest absolute Gasteiger partial charge is 0.161 e. The summed E-state index contributed by atoms with van der Waals surface area (Å²) in [6.07, 6.45) is 0.707. The first-order chi connectivity index (χ1) is 16.7. The molecule has 1 heterocycles. The lowest BCUT2D eigenvalue weighted by atomic mass is 9.97. The van der Waals surface area contributed by atoms with E-state index in [0.29, 0.717) is 24.5 Å². The number of pyridine rings is 1. The molecule has 0 N–H and O–H groups in total. The number of hydrogen-bond acceptors (Lipinski definition) is 4. The Morgan fingerprint density at radius 1 is 0.706 bits per heavy atom. The molecular weight excluding hydrogens is 422 g/mol. The van der Waals surface area contributed by atoms with Gasteiger partial charge in [0.25, 0.3) is 0 Å². The summed E-state index contributed by atoms with van der Waals surface area (Å²) in [7, 11) is 3.32. The zero-order valence-electron chi connectivity index (χ0n) is 19.7. The highest BCUT2D eigenvalue weighted by Crippen LogP contribution is 2.36. The maximum atomic E-state index is 5.62. The van der Waals surface area contributed by atoms with Gasteiger partial charge in [-0.05, 0) is 71.1 Å². The van der Waals surface area contributed by atoms with E-state index in [1.165, 1.54) is 16.3 Å². The number of nitrogens with zero attached hydrogens (tertiary/aromatic N) is 1. The number of rotatable bonds is 7. The predicted octanol–water partition coefficient (Wildman–Crippen LogP) is 7.06. The second kappa shape index (κ2) is 9.44. The molecule has 4 aromatic carbocycles. The molecule has 0 aliphatic carbocycles. The molecule has 0 atom stereocenters. The van der Waals surface area contributed by atoms with E-state index >= 15 is 0 Å². The molecule has 0 radical (unpaired) electrons. The molecule has 0 spiro atoms. The van der Waals surface area contributed by atoms with Gasteiger partial charge in [-0.3, -0.25) is 4.98 Å². The molecule has 0 aliphatic rings. The number of aromatic nitrogens is 1. The first kappa shape index (κ1) is 21.8. The van der Waals surface area contributed by atoms with Crippen molar-refractivity contribution in [1.82, 2.24) is 4.98 Å². The van der Waals surface area contributed by atoms with E-state index in [2.05, 4.69) is 60.7 Å². The van der Waals surface area contributed by atoms with Crippen LogP contribution in [0.3, 0.4) is 0 Å². The van der Waals surface area contributed by atoms with Crippen molar-refractivity contribution in [1.29, 1.82) is 0 Å². The SMILES string of the molecule is CCOc1ccc(-c2cc3cc(OC)c(OC)cc3c(Cc3cccc4ccccc34)n2)cc1. The first-order valence-corrected chi connectivity index (χ1v) is 11.5. The maximum Gasteiger partial charge on any atom is 0.161 e. The van der Waals surface area contributed by atoms with Crippen LogP contribution in [0.15, 0.2) is 84.9 Å². The van der Waals surface area contributed by atoms with Crippen molar-refractivity contribution in [3.63, 3.8) is 0 Å². The Morgan fingerprint density at radius 2 is 1.44 bits per heavy atom. The average Bonchev–Trinajstić information content (AvgIpc) is 2.88. The summed E-state index contributed by atoms with van der Waals surface area (Å²) in [4.78, 5) is 5.14. The lowest BCUT2D eigenvalue weighted by Gasteiger charge is -2.15. The molecule has 170 valence electrons. The van der Waals surface area contributed by atoms with Crippen molar-refractivity contribution in [2.45, 2.75) is 13.3 Å². The van der Waals surface area contributed by atoms with Gasteiger partial charge in [0.1, 0.15) is 5.75 Å². The summed E-state index contributed by atoms with van der Waals surface area (Å²) in [6.45, 7) is 2.63. The zero-order valence-corrected chi connectivity index (χ0v) is 19.7. The third kappa shape index (κ3) is 4.15. The molecular formula is C30H27NO3. The molecule has 0 saturated carbocycles. The third-order valence-corrected chi connectivity index (χ3v) is 6.11. The largest absolute Gasteiger partial charge is 0.494 e. The summed E-state index contributed by atoms with van der Waals surface area (Å²) in [6, 6.07) is 29.2. The fraction of sp³-hybridized carbons (Fsp3) is 0.167. The molecule has 0 aliphatic heterocycles. The molecule has 5 aromatic rings. The highest BCUT2D eigenvalue weighted by Gasteiger charge is 2.14. The molecule has 5 rings (SSSR count). The van der Waals surface area contributed by atoms with E-state index in [1.54, 1.807) is 14.2 Å². The molecule has 0 amide bonds. The standard InChI is InChI=1S/C30H27NO3/c1-4-34-24-14-12-21(13-15-24)27-17-23-18-29(32-2)30(33-3)19-26(23)28(31-27)16-22-10-7-9-20-8-5-6-11-25(20)22/h5-15,17-19H,4,16H2,1-3H3. The van der Waals surface area contributed by atoms with Crippen molar-refractivity contribution in [2.75, 3.05) is 20.8 Å². The quantitative estimate of drug-likeness (QED) is 0.267. The predicted molar refractivity (Wildman–Crippen MR) is 138 cm³/mol. The lowest BCUT2D eigenvalue weighted by Crippen LogP contribution is -1.99. The number of fused-ring (bicyclic) bond motifs is 2. The van der Waals surface area contributed by atoms with Crippen LogP contribution in [0.25, 0.3) is 32.8 Å². The molecule has 4 heteroatoms. The number of methoxy groups -OCH3 is 2. The third-order valence-electron chi connectivity index (χ3n) is 6.11. The van der Waals surface area contributed by atoms with E-state index in [0.717, 1.165) is 33.5 Å². The fourth-order valence-corrected chi connectivity index (χ4v) is 4.45. The van der Waals surface area contributed by atoms with Gasteiger partial charge in [0.2, 0.25) is 0 Å². The van der Waals surface area contributed by atoms with Crippen LogP contribution >= 0.6 is 0 Å². The van der Waals surface area contributed by atoms with Crippen molar-refractivity contribution >= 4 is 21.5 Å². The highest BCUT2D eigenvalue weighted by molar-refractivity contribution is 5.92. The van der Waals surface area contributed by atoms with Gasteiger partial charge in [0.05, 0.1) is 32.2 Å². The normalized spacial score (nSPS) is 11.0. The minimum Gasteiger partial charge on any atom is -0.494 e. The molecule has 0 bridgehead atoms. The Hall–Kier alpha value is -4.05. The topological polar surface area (TPSA) is 40.6 Å². The summed E-state index contributed by atoms with van der Waals surface area (Å²) in [5, 5.41) is 4.59. The van der Waals surface area contributed by atoms with Crippen LogP contribution in [0.4, 0.5) is 0 Å². The van der Waals surface area contributed by atoms with Gasteiger partial charge in [0, 0.05) is 17.4 Å². The first-order valence-electron chi connectivity index (χ1n) is 11.5. The van der Waals surface area contributed by atoms with E-state index in [9.17, 15) is 0 Å². The van der Waals surface area contributed by atoms with Crippen LogP contribution in [0.1, 0.15) is 18.2 Å². The van der Waals surface area contributed by atoms with Gasteiger partial charge < -0.3 is 14.2 Å². The molecule has 1 aromatic heterocycles. The Kier molecular flexibility index (Phi) is 6.05. The van der Waals surface area contributed by atoms with Gasteiger partial charge in [0.15, 0.2) is 11.5 Å². The summed E-state index contributed by atoms with van der Waals surface area (Å²) < 4.78 is 16.8. The van der Waals surface area contributed by atoms with Gasteiger partial charge >= 0.3 is 0 Å². The second-order valence-electron chi connectivity index (χ2n) is 8.15. The van der Waals surface area contributed by atoms with Crippen molar-refractivity contribution < 1.29 is 14.2 Å². The van der Waals surface area contributed by atoms with Crippen molar-refractivity contribution in [2.24, 2.45) is 0 Å².